The van der Waals surface area contributed by atoms with Crippen LogP contribution < -0.4 is 4.90 Å². The molecule has 1 unspecified atom stereocenters. The molecule has 0 spiro atoms. The van der Waals surface area contributed by atoms with Gasteiger partial charge in [0, 0.05) is 12.6 Å². The lowest BCUT2D eigenvalue weighted by molar-refractivity contribution is -0.160. The van der Waals surface area contributed by atoms with Gasteiger partial charge in [-0.05, 0) is 39.3 Å². The van der Waals surface area contributed by atoms with E-state index in [4.69, 9.17) is 9.47 Å². The molecule has 8 heteroatoms. The first-order valence-corrected chi connectivity index (χ1v) is 7.51. The summed E-state index contributed by atoms with van der Waals surface area (Å²) in [5, 5.41) is 9.77. The summed E-state index contributed by atoms with van der Waals surface area (Å²) < 4.78 is 10.2. The third-order valence-corrected chi connectivity index (χ3v) is 3.45. The smallest absolute Gasteiger partial charge is 0.417 e. The molecule has 0 aliphatic carbocycles. The number of pyridine rings is 1. The van der Waals surface area contributed by atoms with Crippen molar-refractivity contribution in [2.24, 2.45) is 0 Å². The van der Waals surface area contributed by atoms with Gasteiger partial charge in [-0.2, -0.15) is 0 Å². The van der Waals surface area contributed by atoms with Crippen molar-refractivity contribution in [1.29, 1.82) is 0 Å². The minimum absolute atomic E-state index is 0.0141. The van der Waals surface area contributed by atoms with Crippen molar-refractivity contribution in [3.8, 4) is 0 Å². The Kier molecular flexibility index (Phi) is 4.50. The molecule has 0 bridgehead atoms. The fraction of sp³-hybridized carbons (Fsp3) is 0.500. The van der Waals surface area contributed by atoms with E-state index in [1.54, 1.807) is 39.8 Å². The average molecular weight is 336 g/mol. The van der Waals surface area contributed by atoms with Crippen LogP contribution in [-0.2, 0) is 25.5 Å². The Hall–Kier alpha value is -2.64. The first kappa shape index (κ1) is 17.7. The second-order valence-corrected chi connectivity index (χ2v) is 6.36. The van der Waals surface area contributed by atoms with Crippen molar-refractivity contribution in [2.45, 2.75) is 45.3 Å². The number of carbonyl (C=O) groups excluding carboxylic acids is 2. The van der Waals surface area contributed by atoms with Gasteiger partial charge in [0.25, 0.3) is 5.54 Å². The van der Waals surface area contributed by atoms with Gasteiger partial charge >= 0.3 is 18.0 Å². The molecule has 2 rings (SSSR count). The molecule has 24 heavy (non-hydrogen) atoms. The molecule has 1 aliphatic rings. The van der Waals surface area contributed by atoms with Crippen molar-refractivity contribution in [3.63, 3.8) is 0 Å². The fourth-order valence-corrected chi connectivity index (χ4v) is 2.53. The minimum Gasteiger partial charge on any atom is -0.479 e. The number of amides is 1. The molecule has 1 atom stereocenters. The van der Waals surface area contributed by atoms with E-state index in [0.29, 0.717) is 5.56 Å². The highest BCUT2D eigenvalue weighted by atomic mass is 16.6. The predicted molar refractivity (Wildman–Crippen MR) is 83.7 cm³/mol. The monoisotopic (exact) mass is 336 g/mol. The van der Waals surface area contributed by atoms with E-state index < -0.39 is 29.2 Å². The molecule has 0 radical (unpaired) electrons. The number of hydrogen-bond acceptors (Lipinski definition) is 6. The maximum absolute atomic E-state index is 12.6. The largest absolute Gasteiger partial charge is 0.479 e. The summed E-state index contributed by atoms with van der Waals surface area (Å²) in [5.74, 6) is -2.44. The standard InChI is InChI=1S/C16H20N2O6/c1-5-23-13(21)16(12(19)20)9-10-7-6-8-17-11(10)18(16)14(22)24-15(2,3)4/h6-8H,5,9H2,1-4H3,(H,19,20). The number of nitrogens with zero attached hydrogens (tertiary/aromatic N) is 2. The molecular formula is C16H20N2O6. The highest BCUT2D eigenvalue weighted by molar-refractivity contribution is 6.15. The number of ether oxygens (including phenoxy) is 2. The van der Waals surface area contributed by atoms with Crippen LogP contribution in [0.15, 0.2) is 18.3 Å². The van der Waals surface area contributed by atoms with Crippen molar-refractivity contribution in [2.75, 3.05) is 11.5 Å². The summed E-state index contributed by atoms with van der Waals surface area (Å²) in [6, 6.07) is 3.22. The van der Waals surface area contributed by atoms with Crippen LogP contribution in [0.5, 0.6) is 0 Å². The van der Waals surface area contributed by atoms with Crippen LogP contribution in [0, 0.1) is 0 Å². The van der Waals surface area contributed by atoms with Gasteiger partial charge in [-0.15, -0.1) is 0 Å². The molecule has 1 aromatic rings. The van der Waals surface area contributed by atoms with Crippen molar-refractivity contribution >= 4 is 23.8 Å². The predicted octanol–water partition coefficient (Wildman–Crippen LogP) is 1.77. The lowest BCUT2D eigenvalue weighted by atomic mass is 9.94. The molecular weight excluding hydrogens is 316 g/mol. The summed E-state index contributed by atoms with van der Waals surface area (Å²) in [7, 11) is 0. The van der Waals surface area contributed by atoms with E-state index in [-0.39, 0.29) is 18.8 Å². The van der Waals surface area contributed by atoms with E-state index >= 15 is 0 Å². The molecule has 130 valence electrons. The van der Waals surface area contributed by atoms with E-state index in [2.05, 4.69) is 4.98 Å². The van der Waals surface area contributed by atoms with Gasteiger partial charge in [0.05, 0.1) is 6.61 Å². The Labute approximate surface area is 139 Å². The number of aromatic nitrogens is 1. The number of carbonyl (C=O) groups is 3. The maximum atomic E-state index is 12.6. The third kappa shape index (κ3) is 2.91. The second-order valence-electron chi connectivity index (χ2n) is 6.36. The number of aliphatic carboxylic acids is 1. The molecule has 0 saturated carbocycles. The number of fused-ring (bicyclic) bond motifs is 1. The van der Waals surface area contributed by atoms with Gasteiger partial charge < -0.3 is 14.6 Å². The normalized spacial score (nSPS) is 19.6. The Balaban J connectivity index is 2.59. The number of anilines is 1. The van der Waals surface area contributed by atoms with E-state index in [1.807, 2.05) is 0 Å². The highest BCUT2D eigenvalue weighted by Gasteiger charge is 2.61. The van der Waals surface area contributed by atoms with Crippen LogP contribution in [0.4, 0.5) is 10.6 Å². The Morgan fingerprint density at radius 1 is 1.38 bits per heavy atom. The lowest BCUT2D eigenvalue weighted by Gasteiger charge is -2.33. The number of carboxylic acid groups (broad SMARTS) is 1. The fourth-order valence-electron chi connectivity index (χ4n) is 2.53. The summed E-state index contributed by atoms with van der Waals surface area (Å²) >= 11 is 0. The molecule has 2 heterocycles. The Morgan fingerprint density at radius 3 is 2.58 bits per heavy atom. The van der Waals surface area contributed by atoms with E-state index in [9.17, 15) is 19.5 Å². The number of hydrogen-bond donors (Lipinski definition) is 1. The lowest BCUT2D eigenvalue weighted by Crippen LogP contribution is -2.62. The van der Waals surface area contributed by atoms with Crippen LogP contribution in [-0.4, -0.2) is 45.9 Å². The zero-order valence-corrected chi connectivity index (χ0v) is 14.0. The summed E-state index contributed by atoms with van der Waals surface area (Å²) in [4.78, 5) is 42.0. The van der Waals surface area contributed by atoms with Gasteiger partial charge in [-0.25, -0.2) is 24.3 Å². The second kappa shape index (κ2) is 6.10. The van der Waals surface area contributed by atoms with Crippen molar-refractivity contribution < 1.29 is 29.0 Å². The quantitative estimate of drug-likeness (QED) is 0.662. The van der Waals surface area contributed by atoms with Crippen LogP contribution in [0.1, 0.15) is 33.3 Å². The Bertz CT molecular complexity index is 681. The third-order valence-electron chi connectivity index (χ3n) is 3.45. The summed E-state index contributed by atoms with van der Waals surface area (Å²) in [5.41, 5.74) is -2.64. The Morgan fingerprint density at radius 2 is 2.04 bits per heavy atom. The van der Waals surface area contributed by atoms with E-state index in [1.165, 1.54) is 6.20 Å². The molecule has 0 saturated heterocycles. The molecule has 1 aromatic heterocycles. The highest BCUT2D eigenvalue weighted by Crippen LogP contribution is 2.39. The van der Waals surface area contributed by atoms with Crippen molar-refractivity contribution in [3.05, 3.63) is 23.9 Å². The zero-order valence-electron chi connectivity index (χ0n) is 14.0. The maximum Gasteiger partial charge on any atom is 0.417 e. The van der Waals surface area contributed by atoms with Crippen LogP contribution in [0.25, 0.3) is 0 Å². The molecule has 1 amide bonds. The van der Waals surface area contributed by atoms with Crippen LogP contribution >= 0.6 is 0 Å². The number of carboxylic acids is 1. The molecule has 0 fully saturated rings. The van der Waals surface area contributed by atoms with Crippen LogP contribution in [0.3, 0.4) is 0 Å². The van der Waals surface area contributed by atoms with Crippen molar-refractivity contribution in [1.82, 2.24) is 4.98 Å². The summed E-state index contributed by atoms with van der Waals surface area (Å²) in [6.07, 6.45) is 0.221. The molecule has 1 N–H and O–H groups in total. The van der Waals surface area contributed by atoms with Crippen LogP contribution in [0.2, 0.25) is 0 Å². The van der Waals surface area contributed by atoms with Gasteiger partial charge in [-0.3, -0.25) is 0 Å². The zero-order chi connectivity index (χ0) is 18.1. The van der Waals surface area contributed by atoms with Gasteiger partial charge in [0.15, 0.2) is 0 Å². The number of rotatable bonds is 3. The topological polar surface area (TPSA) is 106 Å². The average Bonchev–Trinajstić information content (AvgIpc) is 2.82. The van der Waals surface area contributed by atoms with E-state index in [0.717, 1.165) is 4.90 Å². The van der Waals surface area contributed by atoms with Gasteiger partial charge in [0.1, 0.15) is 11.4 Å². The minimum atomic E-state index is -2.23. The molecule has 8 nitrogen and oxygen atoms in total. The number of esters is 1. The van der Waals surface area contributed by atoms with Gasteiger partial charge in [-0.1, -0.05) is 6.07 Å². The molecule has 0 aromatic carbocycles. The molecule has 1 aliphatic heterocycles. The SMILES string of the molecule is CCOC(=O)C1(C(=O)O)Cc2cccnc2N1C(=O)OC(C)(C)C. The summed E-state index contributed by atoms with van der Waals surface area (Å²) in [6.45, 7) is 6.48. The van der Waals surface area contributed by atoms with Gasteiger partial charge in [0.2, 0.25) is 0 Å². The first-order valence-electron chi connectivity index (χ1n) is 7.51. The first-order chi connectivity index (χ1) is 11.1.